The highest BCUT2D eigenvalue weighted by atomic mass is 16.5. The summed E-state index contributed by atoms with van der Waals surface area (Å²) >= 11 is 0. The van der Waals surface area contributed by atoms with Crippen molar-refractivity contribution in [3.05, 3.63) is 78.3 Å². The number of hydrogen-bond donors (Lipinski definition) is 3. The van der Waals surface area contributed by atoms with Crippen LogP contribution in [0.2, 0.25) is 0 Å². The van der Waals surface area contributed by atoms with Gasteiger partial charge in [-0.15, -0.1) is 0 Å². The molecular weight excluding hydrogens is 440 g/mol. The summed E-state index contributed by atoms with van der Waals surface area (Å²) in [6.45, 7) is 1.14. The summed E-state index contributed by atoms with van der Waals surface area (Å²) in [5, 5.41) is 7.97. The SMILES string of the molecule is COc1ccc(C2(C)NC(=O)N(CC(=O)Nc3ccc(NC(=O)c4ccco4)cc3)C2=O)cc1. The Labute approximate surface area is 194 Å². The number of urea groups is 1. The van der Waals surface area contributed by atoms with Gasteiger partial charge in [0.05, 0.1) is 13.4 Å². The average molecular weight is 462 g/mol. The van der Waals surface area contributed by atoms with Gasteiger partial charge >= 0.3 is 6.03 Å². The van der Waals surface area contributed by atoms with Crippen molar-refractivity contribution < 1.29 is 28.3 Å². The number of anilines is 2. The van der Waals surface area contributed by atoms with Crippen molar-refractivity contribution in [1.82, 2.24) is 10.2 Å². The van der Waals surface area contributed by atoms with Crippen LogP contribution in [0.15, 0.2) is 71.3 Å². The summed E-state index contributed by atoms with van der Waals surface area (Å²) in [5.74, 6) is -0.691. The molecule has 3 N–H and O–H groups in total. The summed E-state index contributed by atoms with van der Waals surface area (Å²) in [6, 6.07) is 15.6. The van der Waals surface area contributed by atoms with Crippen LogP contribution >= 0.6 is 0 Å². The number of amides is 5. The van der Waals surface area contributed by atoms with E-state index in [1.807, 2.05) is 0 Å². The number of carbonyl (C=O) groups excluding carboxylic acids is 4. The van der Waals surface area contributed by atoms with Gasteiger partial charge < -0.3 is 25.1 Å². The molecule has 1 aliphatic rings. The van der Waals surface area contributed by atoms with Crippen LogP contribution in [0.1, 0.15) is 23.0 Å². The maximum absolute atomic E-state index is 13.0. The summed E-state index contributed by atoms with van der Waals surface area (Å²) in [5.41, 5.74) is 0.216. The van der Waals surface area contributed by atoms with Gasteiger partial charge in [-0.25, -0.2) is 4.79 Å². The van der Waals surface area contributed by atoms with E-state index in [-0.39, 0.29) is 5.76 Å². The molecule has 1 saturated heterocycles. The van der Waals surface area contributed by atoms with Crippen LogP contribution in [0.25, 0.3) is 0 Å². The van der Waals surface area contributed by atoms with Crippen molar-refractivity contribution in [3.8, 4) is 5.75 Å². The maximum atomic E-state index is 13.0. The Kier molecular flexibility index (Phi) is 6.05. The Balaban J connectivity index is 1.37. The van der Waals surface area contributed by atoms with Gasteiger partial charge in [-0.05, 0) is 61.0 Å². The third kappa shape index (κ3) is 4.46. The molecule has 1 fully saturated rings. The second-order valence-electron chi connectivity index (χ2n) is 7.73. The Morgan fingerprint density at radius 3 is 2.24 bits per heavy atom. The smallest absolute Gasteiger partial charge is 0.325 e. The van der Waals surface area contributed by atoms with Gasteiger partial charge in [0, 0.05) is 11.4 Å². The molecule has 174 valence electrons. The van der Waals surface area contributed by atoms with Crippen molar-refractivity contribution in [3.63, 3.8) is 0 Å². The number of furan rings is 1. The van der Waals surface area contributed by atoms with Gasteiger partial charge in [-0.1, -0.05) is 12.1 Å². The Bertz CT molecular complexity index is 1220. The second-order valence-corrected chi connectivity index (χ2v) is 7.73. The van der Waals surface area contributed by atoms with E-state index in [4.69, 9.17) is 9.15 Å². The largest absolute Gasteiger partial charge is 0.497 e. The fourth-order valence-corrected chi connectivity index (χ4v) is 3.54. The monoisotopic (exact) mass is 462 g/mol. The fraction of sp³-hybridized carbons (Fsp3) is 0.167. The first kappa shape index (κ1) is 22.6. The van der Waals surface area contributed by atoms with E-state index in [9.17, 15) is 19.2 Å². The number of carbonyl (C=O) groups is 4. The zero-order valence-electron chi connectivity index (χ0n) is 18.5. The lowest BCUT2D eigenvalue weighted by Gasteiger charge is -2.22. The molecule has 2 heterocycles. The van der Waals surface area contributed by atoms with Crippen molar-refractivity contribution in [2.75, 3.05) is 24.3 Å². The van der Waals surface area contributed by atoms with Gasteiger partial charge in [-0.3, -0.25) is 19.3 Å². The lowest BCUT2D eigenvalue weighted by Crippen LogP contribution is -2.42. The van der Waals surface area contributed by atoms with Crippen LogP contribution in [-0.2, 0) is 15.1 Å². The number of ether oxygens (including phenoxy) is 1. The lowest BCUT2D eigenvalue weighted by molar-refractivity contribution is -0.133. The number of nitrogens with zero attached hydrogens (tertiary/aromatic N) is 1. The quantitative estimate of drug-likeness (QED) is 0.463. The highest BCUT2D eigenvalue weighted by molar-refractivity contribution is 6.10. The first-order valence-electron chi connectivity index (χ1n) is 10.3. The number of methoxy groups -OCH3 is 1. The molecule has 1 aliphatic heterocycles. The number of imide groups is 1. The van der Waals surface area contributed by atoms with Crippen molar-refractivity contribution in [2.24, 2.45) is 0 Å². The number of rotatable bonds is 7. The molecule has 34 heavy (non-hydrogen) atoms. The first-order chi connectivity index (χ1) is 16.3. The standard InChI is InChI=1S/C24H22N4O6/c1-24(15-5-11-18(33-2)12-6-15)22(31)28(23(32)27-24)14-20(29)25-16-7-9-17(10-8-16)26-21(30)19-4-3-13-34-19/h3-13H,14H2,1-2H3,(H,25,29)(H,26,30)(H,27,32). The minimum Gasteiger partial charge on any atom is -0.497 e. The highest BCUT2D eigenvalue weighted by Gasteiger charge is 2.49. The molecule has 10 nitrogen and oxygen atoms in total. The lowest BCUT2D eigenvalue weighted by atomic mass is 9.92. The van der Waals surface area contributed by atoms with Crippen LogP contribution in [0.3, 0.4) is 0 Å². The first-order valence-corrected chi connectivity index (χ1v) is 10.3. The molecule has 0 bridgehead atoms. The second kappa shape index (κ2) is 9.10. The van der Waals surface area contributed by atoms with Crippen molar-refractivity contribution in [1.29, 1.82) is 0 Å². The topological polar surface area (TPSA) is 130 Å². The van der Waals surface area contributed by atoms with Gasteiger partial charge in [0.25, 0.3) is 11.8 Å². The molecule has 2 aromatic carbocycles. The minimum absolute atomic E-state index is 0.174. The predicted molar refractivity (Wildman–Crippen MR) is 122 cm³/mol. The van der Waals surface area contributed by atoms with E-state index < -0.39 is 35.8 Å². The number of hydrogen-bond acceptors (Lipinski definition) is 6. The Hall–Kier alpha value is -4.60. The molecule has 4 rings (SSSR count). The molecule has 3 aromatic rings. The normalized spacial score (nSPS) is 17.3. The molecule has 0 radical (unpaired) electrons. The molecular formula is C24H22N4O6. The number of nitrogens with one attached hydrogen (secondary N) is 3. The van der Waals surface area contributed by atoms with Crippen LogP contribution in [-0.4, -0.2) is 42.3 Å². The average Bonchev–Trinajstić information content (AvgIpc) is 3.45. The molecule has 10 heteroatoms. The molecule has 0 spiro atoms. The van der Waals surface area contributed by atoms with Crippen LogP contribution in [0.5, 0.6) is 5.75 Å². The van der Waals surface area contributed by atoms with Crippen molar-refractivity contribution >= 4 is 35.1 Å². The van der Waals surface area contributed by atoms with Gasteiger partial charge in [0.2, 0.25) is 5.91 Å². The molecule has 0 saturated carbocycles. The fourth-order valence-electron chi connectivity index (χ4n) is 3.54. The van der Waals surface area contributed by atoms with Crippen LogP contribution in [0.4, 0.5) is 16.2 Å². The molecule has 1 unspecified atom stereocenters. The van der Waals surface area contributed by atoms with E-state index >= 15 is 0 Å². The van der Waals surface area contributed by atoms with Crippen molar-refractivity contribution in [2.45, 2.75) is 12.5 Å². The molecule has 1 atom stereocenters. The van der Waals surface area contributed by atoms with E-state index in [0.717, 1.165) is 4.90 Å². The van der Waals surface area contributed by atoms with Crippen LogP contribution < -0.4 is 20.7 Å². The van der Waals surface area contributed by atoms with E-state index in [0.29, 0.717) is 22.7 Å². The molecule has 0 aliphatic carbocycles. The minimum atomic E-state index is -1.29. The van der Waals surface area contributed by atoms with E-state index in [1.165, 1.54) is 13.4 Å². The maximum Gasteiger partial charge on any atom is 0.325 e. The van der Waals surface area contributed by atoms with Gasteiger partial charge in [0.15, 0.2) is 5.76 Å². The highest BCUT2D eigenvalue weighted by Crippen LogP contribution is 2.30. The zero-order chi connectivity index (χ0) is 24.3. The summed E-state index contributed by atoms with van der Waals surface area (Å²) in [6.07, 6.45) is 1.40. The molecule has 5 amide bonds. The van der Waals surface area contributed by atoms with E-state index in [1.54, 1.807) is 67.6 Å². The zero-order valence-corrected chi connectivity index (χ0v) is 18.5. The molecule has 1 aromatic heterocycles. The third-order valence-electron chi connectivity index (χ3n) is 5.42. The predicted octanol–water partition coefficient (Wildman–Crippen LogP) is 2.95. The summed E-state index contributed by atoms with van der Waals surface area (Å²) < 4.78 is 10.2. The number of benzene rings is 2. The van der Waals surface area contributed by atoms with Gasteiger partial charge in [-0.2, -0.15) is 0 Å². The Morgan fingerprint density at radius 1 is 1.00 bits per heavy atom. The Morgan fingerprint density at radius 2 is 1.65 bits per heavy atom. The van der Waals surface area contributed by atoms with E-state index in [2.05, 4.69) is 16.0 Å². The third-order valence-corrected chi connectivity index (χ3v) is 5.42. The van der Waals surface area contributed by atoms with Crippen LogP contribution in [0, 0.1) is 0 Å². The summed E-state index contributed by atoms with van der Waals surface area (Å²) in [4.78, 5) is 50.9. The summed E-state index contributed by atoms with van der Waals surface area (Å²) in [7, 11) is 1.53. The van der Waals surface area contributed by atoms with Gasteiger partial charge in [0.1, 0.15) is 17.8 Å².